The van der Waals surface area contributed by atoms with E-state index in [0.29, 0.717) is 62.4 Å². The SMILES string of the molecule is CCOc1cc([C@H]2NC(=O)NC(C)=C2C(=O)OC)ccc1OC[C@@H](O)N/N=C\c1cc(Br)c(OCc2ccc3c(c2)OCO3)c(OC)c1. The molecule has 0 aliphatic carbocycles. The number of hydrazone groups is 1. The summed E-state index contributed by atoms with van der Waals surface area (Å²) >= 11 is 3.54. The second-order valence-electron chi connectivity index (χ2n) is 10.4. The number of nitrogens with zero attached hydrogens (tertiary/aromatic N) is 1. The Hall–Kier alpha value is -5.15. The Labute approximate surface area is 285 Å². The number of aliphatic hydroxyl groups is 1. The van der Waals surface area contributed by atoms with Gasteiger partial charge in [-0.25, -0.2) is 9.59 Å². The molecule has 14 nitrogen and oxygen atoms in total. The van der Waals surface area contributed by atoms with Gasteiger partial charge in [0.05, 0.1) is 43.1 Å². The lowest BCUT2D eigenvalue weighted by molar-refractivity contribution is -0.136. The van der Waals surface area contributed by atoms with Crippen molar-refractivity contribution in [1.82, 2.24) is 16.1 Å². The molecule has 5 rings (SSSR count). The largest absolute Gasteiger partial charge is 0.493 e. The van der Waals surface area contributed by atoms with Crippen LogP contribution in [0.3, 0.4) is 0 Å². The number of allylic oxidation sites excluding steroid dienone is 1. The number of carbonyl (C=O) groups excluding carboxylic acids is 2. The van der Waals surface area contributed by atoms with Crippen LogP contribution in [0.1, 0.15) is 36.6 Å². The molecule has 3 aromatic rings. The number of urea groups is 1. The summed E-state index contributed by atoms with van der Waals surface area (Å²) in [7, 11) is 2.81. The van der Waals surface area contributed by atoms with Gasteiger partial charge in [-0.15, -0.1) is 0 Å². The fraction of sp³-hybridized carbons (Fsp3) is 0.303. The van der Waals surface area contributed by atoms with Crippen LogP contribution in [-0.4, -0.2) is 63.8 Å². The lowest BCUT2D eigenvalue weighted by Gasteiger charge is -2.28. The van der Waals surface area contributed by atoms with E-state index in [1.165, 1.54) is 20.4 Å². The Morgan fingerprint density at radius 2 is 1.90 bits per heavy atom. The van der Waals surface area contributed by atoms with E-state index < -0.39 is 24.3 Å². The quantitative estimate of drug-likeness (QED) is 0.0810. The molecule has 15 heteroatoms. The van der Waals surface area contributed by atoms with E-state index in [1.54, 1.807) is 37.3 Å². The van der Waals surface area contributed by atoms with Gasteiger partial charge < -0.3 is 48.9 Å². The number of carbonyl (C=O) groups is 2. The first-order valence-corrected chi connectivity index (χ1v) is 15.6. The highest BCUT2D eigenvalue weighted by atomic mass is 79.9. The first-order valence-electron chi connectivity index (χ1n) is 14.8. The van der Waals surface area contributed by atoms with Gasteiger partial charge >= 0.3 is 12.0 Å². The van der Waals surface area contributed by atoms with Gasteiger partial charge in [0.25, 0.3) is 0 Å². The second-order valence-corrected chi connectivity index (χ2v) is 11.3. The van der Waals surface area contributed by atoms with Crippen LogP contribution in [0.4, 0.5) is 4.79 Å². The zero-order chi connectivity index (χ0) is 34.2. The van der Waals surface area contributed by atoms with Crippen molar-refractivity contribution in [2.75, 3.05) is 34.2 Å². The molecule has 0 saturated carbocycles. The molecule has 0 saturated heterocycles. The number of hydrogen-bond acceptors (Lipinski definition) is 12. The number of hydrogen-bond donors (Lipinski definition) is 4. The van der Waals surface area contributed by atoms with Crippen LogP contribution in [0.25, 0.3) is 0 Å². The lowest BCUT2D eigenvalue weighted by atomic mass is 9.95. The summed E-state index contributed by atoms with van der Waals surface area (Å²) in [5, 5.41) is 20.0. The van der Waals surface area contributed by atoms with E-state index in [1.807, 2.05) is 25.1 Å². The zero-order valence-electron chi connectivity index (χ0n) is 26.6. The second kappa shape index (κ2) is 15.6. The third-order valence-corrected chi connectivity index (χ3v) is 7.77. The minimum absolute atomic E-state index is 0.174. The predicted molar refractivity (Wildman–Crippen MR) is 177 cm³/mol. The van der Waals surface area contributed by atoms with Crippen LogP contribution in [-0.2, 0) is 16.1 Å². The van der Waals surface area contributed by atoms with E-state index in [4.69, 9.17) is 33.2 Å². The van der Waals surface area contributed by atoms with Crippen LogP contribution in [0.15, 0.2) is 69.4 Å². The van der Waals surface area contributed by atoms with Crippen LogP contribution < -0.4 is 44.5 Å². The van der Waals surface area contributed by atoms with Crippen molar-refractivity contribution in [3.63, 3.8) is 0 Å². The Bertz CT molecular complexity index is 1730. The molecule has 3 aromatic carbocycles. The summed E-state index contributed by atoms with van der Waals surface area (Å²) in [6.07, 6.45) is 0.338. The minimum Gasteiger partial charge on any atom is -0.493 e. The number of halogens is 1. The molecular weight excluding hydrogens is 692 g/mol. The maximum atomic E-state index is 12.5. The summed E-state index contributed by atoms with van der Waals surface area (Å²) in [6.45, 7) is 4.06. The van der Waals surface area contributed by atoms with Crippen molar-refractivity contribution in [2.45, 2.75) is 32.7 Å². The summed E-state index contributed by atoms with van der Waals surface area (Å²) in [5.74, 6) is 2.50. The summed E-state index contributed by atoms with van der Waals surface area (Å²) in [5.41, 5.74) is 5.43. The number of aliphatic hydroxyl groups excluding tert-OH is 1. The third kappa shape index (κ3) is 8.04. The highest BCUT2D eigenvalue weighted by Crippen LogP contribution is 2.38. The molecule has 2 atom stereocenters. The molecule has 0 bridgehead atoms. The van der Waals surface area contributed by atoms with Crippen molar-refractivity contribution in [3.05, 3.63) is 81.0 Å². The van der Waals surface area contributed by atoms with Crippen molar-refractivity contribution in [3.8, 4) is 34.5 Å². The molecule has 2 heterocycles. The fourth-order valence-electron chi connectivity index (χ4n) is 4.96. The normalized spacial score (nSPS) is 15.8. The molecule has 0 fully saturated rings. The minimum atomic E-state index is -1.18. The average molecular weight is 728 g/mol. The number of fused-ring (bicyclic) bond motifs is 1. The van der Waals surface area contributed by atoms with Crippen molar-refractivity contribution in [2.24, 2.45) is 5.10 Å². The molecule has 2 aliphatic heterocycles. The molecule has 0 radical (unpaired) electrons. The predicted octanol–water partition coefficient (Wildman–Crippen LogP) is 4.29. The van der Waals surface area contributed by atoms with E-state index >= 15 is 0 Å². The molecule has 0 unspecified atom stereocenters. The Balaban J connectivity index is 1.19. The van der Waals surface area contributed by atoms with Crippen LogP contribution in [0, 0.1) is 0 Å². The van der Waals surface area contributed by atoms with Crippen molar-refractivity contribution in [1.29, 1.82) is 0 Å². The highest BCUT2D eigenvalue weighted by molar-refractivity contribution is 9.10. The molecule has 0 aromatic heterocycles. The summed E-state index contributed by atoms with van der Waals surface area (Å²) in [6, 6.07) is 12.9. The average Bonchev–Trinajstić information content (AvgIpc) is 3.54. The Morgan fingerprint density at radius 3 is 2.67 bits per heavy atom. The van der Waals surface area contributed by atoms with Gasteiger partial charge in [-0.05, 0) is 82.9 Å². The van der Waals surface area contributed by atoms with Crippen LogP contribution in [0.5, 0.6) is 34.5 Å². The van der Waals surface area contributed by atoms with E-state index in [2.05, 4.69) is 37.1 Å². The van der Waals surface area contributed by atoms with Gasteiger partial charge in [-0.3, -0.25) is 5.43 Å². The zero-order valence-corrected chi connectivity index (χ0v) is 28.2. The molecule has 254 valence electrons. The number of methoxy groups -OCH3 is 2. The van der Waals surface area contributed by atoms with Gasteiger partial charge in [0.15, 0.2) is 40.7 Å². The van der Waals surface area contributed by atoms with Gasteiger partial charge in [-0.1, -0.05) is 12.1 Å². The molecule has 2 aliphatic rings. The first kappa shape index (κ1) is 34.2. The topological polar surface area (TPSA) is 167 Å². The number of benzene rings is 3. The maximum Gasteiger partial charge on any atom is 0.337 e. The van der Waals surface area contributed by atoms with Crippen molar-refractivity contribution >= 4 is 34.1 Å². The number of esters is 1. The Kier molecular flexibility index (Phi) is 11.1. The number of ether oxygens (including phenoxy) is 7. The smallest absolute Gasteiger partial charge is 0.337 e. The van der Waals surface area contributed by atoms with Gasteiger partial charge in [0.2, 0.25) is 6.79 Å². The van der Waals surface area contributed by atoms with Gasteiger partial charge in [-0.2, -0.15) is 5.10 Å². The summed E-state index contributed by atoms with van der Waals surface area (Å²) < 4.78 is 39.5. The Morgan fingerprint density at radius 1 is 1.08 bits per heavy atom. The van der Waals surface area contributed by atoms with Crippen LogP contribution >= 0.6 is 15.9 Å². The molecule has 0 spiro atoms. The molecular formula is C33H35BrN4O10. The third-order valence-electron chi connectivity index (χ3n) is 7.18. The monoisotopic (exact) mass is 726 g/mol. The summed E-state index contributed by atoms with van der Waals surface area (Å²) in [4.78, 5) is 24.7. The first-order chi connectivity index (χ1) is 23.2. The number of nitrogens with one attached hydrogen (secondary N) is 3. The maximum absolute atomic E-state index is 12.5. The van der Waals surface area contributed by atoms with Crippen LogP contribution in [0.2, 0.25) is 0 Å². The van der Waals surface area contributed by atoms with E-state index in [0.717, 1.165) is 5.56 Å². The molecule has 48 heavy (non-hydrogen) atoms. The van der Waals surface area contributed by atoms with E-state index in [9.17, 15) is 14.7 Å². The lowest BCUT2D eigenvalue weighted by Crippen LogP contribution is -2.45. The number of rotatable bonds is 14. The number of amides is 2. The van der Waals surface area contributed by atoms with Gasteiger partial charge in [0.1, 0.15) is 13.2 Å². The fourth-order valence-corrected chi connectivity index (χ4v) is 5.53. The van der Waals surface area contributed by atoms with Gasteiger partial charge in [0, 0.05) is 5.70 Å². The highest BCUT2D eigenvalue weighted by Gasteiger charge is 2.32. The molecule has 2 amide bonds. The van der Waals surface area contributed by atoms with Crippen molar-refractivity contribution < 1.29 is 47.9 Å². The van der Waals surface area contributed by atoms with E-state index in [-0.39, 0.29) is 25.6 Å². The standard InChI is InChI=1S/C33H35BrN4O10/c1-5-44-26-13-21(30-29(32(40)43-4)18(2)36-33(41)37-30)7-9-23(26)45-16-28(39)38-35-14-20-10-22(34)31(27(12-20)42-3)46-15-19-6-8-24-25(11-19)48-17-47-24/h6-14,28,30,38-39H,5,15-17H2,1-4H3,(H2,36,37,41)/b35-14-/t28-,30-/m1/s1. The molecule has 4 N–H and O–H groups in total.